The van der Waals surface area contributed by atoms with Crippen LogP contribution < -0.4 is 5.32 Å². The summed E-state index contributed by atoms with van der Waals surface area (Å²) in [5.74, 6) is 3.21. The van der Waals surface area contributed by atoms with E-state index < -0.39 is 0 Å². The topological polar surface area (TPSA) is 28.4 Å². The number of rotatable bonds is 5. The monoisotopic (exact) mass is 262 g/mol. The number of piperidine rings is 1. The van der Waals surface area contributed by atoms with Crippen molar-refractivity contribution in [2.75, 3.05) is 6.54 Å². The molecule has 1 aromatic rings. The van der Waals surface area contributed by atoms with Gasteiger partial charge in [-0.3, -0.25) is 4.90 Å². The Labute approximate surface area is 116 Å². The van der Waals surface area contributed by atoms with Gasteiger partial charge in [-0.15, -0.1) is 0 Å². The number of nitrogens with zero attached hydrogens (tertiary/aromatic N) is 1. The maximum Gasteiger partial charge on any atom is 0.120 e. The lowest BCUT2D eigenvalue weighted by atomic mass is 10.1. The van der Waals surface area contributed by atoms with Gasteiger partial charge in [-0.05, 0) is 43.7 Å². The summed E-state index contributed by atoms with van der Waals surface area (Å²) in [4.78, 5) is 2.62. The molecule has 2 unspecified atom stereocenters. The fraction of sp³-hybridized carbons (Fsp3) is 0.750. The lowest BCUT2D eigenvalue weighted by Gasteiger charge is -2.25. The molecule has 19 heavy (non-hydrogen) atoms. The van der Waals surface area contributed by atoms with E-state index in [1.807, 2.05) is 0 Å². The van der Waals surface area contributed by atoms with Gasteiger partial charge in [-0.2, -0.15) is 0 Å². The number of hydrogen-bond acceptors (Lipinski definition) is 3. The Balaban J connectivity index is 1.61. The Morgan fingerprint density at radius 3 is 2.89 bits per heavy atom. The van der Waals surface area contributed by atoms with Crippen molar-refractivity contribution in [3.63, 3.8) is 0 Å². The Hall–Kier alpha value is -0.800. The third-order valence-electron chi connectivity index (χ3n) is 4.62. The third kappa shape index (κ3) is 2.87. The molecule has 1 saturated carbocycles. The van der Waals surface area contributed by atoms with Crippen LogP contribution in [-0.4, -0.2) is 23.5 Å². The molecule has 2 atom stereocenters. The van der Waals surface area contributed by atoms with Crippen LogP contribution in [0, 0.1) is 12.8 Å². The van der Waals surface area contributed by atoms with Crippen LogP contribution in [0.5, 0.6) is 0 Å². The SMILES string of the molecule is Cc1cc(CN2CC3CCC2C3)oc1CNC(C)C. The molecule has 1 aromatic heterocycles. The molecular formula is C16H26N2O. The maximum atomic E-state index is 6.03. The Morgan fingerprint density at radius 1 is 1.42 bits per heavy atom. The molecule has 1 N–H and O–H groups in total. The van der Waals surface area contributed by atoms with Gasteiger partial charge in [-0.25, -0.2) is 0 Å². The molecule has 2 heterocycles. The fourth-order valence-electron chi connectivity index (χ4n) is 3.56. The highest BCUT2D eigenvalue weighted by Gasteiger charge is 2.37. The largest absolute Gasteiger partial charge is 0.463 e. The number of hydrogen-bond donors (Lipinski definition) is 1. The maximum absolute atomic E-state index is 6.03. The molecule has 106 valence electrons. The van der Waals surface area contributed by atoms with Gasteiger partial charge in [0.15, 0.2) is 0 Å². The zero-order valence-electron chi connectivity index (χ0n) is 12.4. The third-order valence-corrected chi connectivity index (χ3v) is 4.62. The Kier molecular flexibility index (Phi) is 3.68. The van der Waals surface area contributed by atoms with Gasteiger partial charge in [0.05, 0.1) is 13.1 Å². The van der Waals surface area contributed by atoms with Gasteiger partial charge in [0.25, 0.3) is 0 Å². The summed E-state index contributed by atoms with van der Waals surface area (Å²) in [7, 11) is 0. The number of fused-ring (bicyclic) bond motifs is 2. The van der Waals surface area contributed by atoms with Crippen LogP contribution in [-0.2, 0) is 13.1 Å². The Morgan fingerprint density at radius 2 is 2.26 bits per heavy atom. The molecular weight excluding hydrogens is 236 g/mol. The molecule has 1 aliphatic carbocycles. The van der Waals surface area contributed by atoms with Gasteiger partial charge in [-0.1, -0.05) is 13.8 Å². The summed E-state index contributed by atoms with van der Waals surface area (Å²) >= 11 is 0. The molecule has 0 spiro atoms. The van der Waals surface area contributed by atoms with Crippen LogP contribution in [0.25, 0.3) is 0 Å². The standard InChI is InChI=1S/C16H26N2O/c1-11(2)17-8-16-12(3)6-15(19-16)10-18-9-13-4-5-14(18)7-13/h6,11,13-14,17H,4-5,7-10H2,1-3H3. The lowest BCUT2D eigenvalue weighted by Crippen LogP contribution is -2.31. The minimum atomic E-state index is 0.502. The van der Waals surface area contributed by atoms with Gasteiger partial charge in [0.2, 0.25) is 0 Å². The molecule has 3 nitrogen and oxygen atoms in total. The second kappa shape index (κ2) is 5.29. The number of nitrogens with one attached hydrogen (secondary N) is 1. The Bertz CT molecular complexity index is 438. The second-order valence-electron chi connectivity index (χ2n) is 6.62. The quantitative estimate of drug-likeness (QED) is 0.884. The fourth-order valence-corrected chi connectivity index (χ4v) is 3.56. The summed E-state index contributed by atoms with van der Waals surface area (Å²) in [5, 5.41) is 3.43. The minimum Gasteiger partial charge on any atom is -0.463 e. The van der Waals surface area contributed by atoms with Crippen LogP contribution in [0.2, 0.25) is 0 Å². The molecule has 0 aromatic carbocycles. The van der Waals surface area contributed by atoms with E-state index in [0.717, 1.165) is 36.6 Å². The molecule has 0 amide bonds. The first-order valence-electron chi connectivity index (χ1n) is 7.67. The number of likely N-dealkylation sites (tertiary alicyclic amines) is 1. The van der Waals surface area contributed by atoms with Crippen molar-refractivity contribution >= 4 is 0 Å². The van der Waals surface area contributed by atoms with Crippen molar-refractivity contribution in [1.82, 2.24) is 10.2 Å². The van der Waals surface area contributed by atoms with E-state index in [4.69, 9.17) is 4.42 Å². The van der Waals surface area contributed by atoms with E-state index in [0.29, 0.717) is 6.04 Å². The smallest absolute Gasteiger partial charge is 0.120 e. The average Bonchev–Trinajstić information content (AvgIpc) is 3.02. The van der Waals surface area contributed by atoms with Crippen molar-refractivity contribution in [1.29, 1.82) is 0 Å². The minimum absolute atomic E-state index is 0.502. The lowest BCUT2D eigenvalue weighted by molar-refractivity contribution is 0.189. The van der Waals surface area contributed by atoms with Gasteiger partial charge in [0, 0.05) is 18.6 Å². The van der Waals surface area contributed by atoms with Gasteiger partial charge < -0.3 is 9.73 Å². The van der Waals surface area contributed by atoms with E-state index in [1.165, 1.54) is 31.4 Å². The van der Waals surface area contributed by atoms with E-state index in [1.54, 1.807) is 0 Å². The summed E-state index contributed by atoms with van der Waals surface area (Å²) in [6.07, 6.45) is 4.26. The molecule has 2 fully saturated rings. The van der Waals surface area contributed by atoms with Crippen LogP contribution in [0.3, 0.4) is 0 Å². The molecule has 2 bridgehead atoms. The van der Waals surface area contributed by atoms with Crippen molar-refractivity contribution in [3.05, 3.63) is 23.2 Å². The van der Waals surface area contributed by atoms with Crippen LogP contribution in [0.4, 0.5) is 0 Å². The van der Waals surface area contributed by atoms with Crippen LogP contribution in [0.1, 0.15) is 50.2 Å². The van der Waals surface area contributed by atoms with Crippen LogP contribution >= 0.6 is 0 Å². The molecule has 2 aliphatic rings. The van der Waals surface area contributed by atoms with E-state index >= 15 is 0 Å². The van der Waals surface area contributed by atoms with E-state index in [9.17, 15) is 0 Å². The predicted octanol–water partition coefficient (Wildman–Crippen LogP) is 3.07. The van der Waals surface area contributed by atoms with Crippen molar-refractivity contribution in [3.8, 4) is 0 Å². The highest BCUT2D eigenvalue weighted by molar-refractivity contribution is 5.20. The summed E-state index contributed by atoms with van der Waals surface area (Å²) in [6.45, 7) is 9.62. The summed E-state index contributed by atoms with van der Waals surface area (Å²) < 4.78 is 6.03. The zero-order chi connectivity index (χ0) is 13.4. The first-order valence-corrected chi connectivity index (χ1v) is 7.67. The van der Waals surface area contributed by atoms with Gasteiger partial charge in [0.1, 0.15) is 11.5 Å². The highest BCUT2D eigenvalue weighted by Crippen LogP contribution is 2.38. The predicted molar refractivity (Wildman–Crippen MR) is 77.0 cm³/mol. The molecule has 1 saturated heterocycles. The number of aryl methyl sites for hydroxylation is 1. The van der Waals surface area contributed by atoms with Gasteiger partial charge >= 0.3 is 0 Å². The molecule has 3 rings (SSSR count). The van der Waals surface area contributed by atoms with E-state index in [2.05, 4.69) is 37.1 Å². The van der Waals surface area contributed by atoms with Crippen LogP contribution in [0.15, 0.2) is 10.5 Å². The van der Waals surface area contributed by atoms with Crippen molar-refractivity contribution in [2.45, 2.75) is 65.2 Å². The molecule has 0 radical (unpaired) electrons. The summed E-state index contributed by atoms with van der Waals surface area (Å²) in [6, 6.07) is 3.55. The second-order valence-corrected chi connectivity index (χ2v) is 6.62. The first-order chi connectivity index (χ1) is 9.11. The number of furan rings is 1. The average molecular weight is 262 g/mol. The zero-order valence-corrected chi connectivity index (χ0v) is 12.4. The normalized spacial score (nSPS) is 26.7. The molecule has 3 heteroatoms. The van der Waals surface area contributed by atoms with E-state index in [-0.39, 0.29) is 0 Å². The highest BCUT2D eigenvalue weighted by atomic mass is 16.3. The van der Waals surface area contributed by atoms with Crippen molar-refractivity contribution in [2.24, 2.45) is 5.92 Å². The first kappa shape index (κ1) is 13.2. The van der Waals surface area contributed by atoms with Crippen molar-refractivity contribution < 1.29 is 4.42 Å². The molecule has 1 aliphatic heterocycles. The summed E-state index contributed by atoms with van der Waals surface area (Å²) in [5.41, 5.74) is 1.28.